The zero-order chi connectivity index (χ0) is 18.9. The third-order valence-corrected chi connectivity index (χ3v) is 7.41. The third-order valence-electron chi connectivity index (χ3n) is 7.41. The Balaban J connectivity index is 2.26. The standard InChI is InChI=1S/C22H36O3/c1-7-20(4,24)13-14-21(5)16(2)11-12-22(6)18(15-25-17(3)23)9-8-10-19(21)22/h7,9,16,19,24H,1,8,10-15H2,2-6H3/t16-,19-,20+,21+,22-/m1/s1. The normalized spacial score (nSPS) is 37.4. The van der Waals surface area contributed by atoms with E-state index in [4.69, 9.17) is 4.74 Å². The lowest BCUT2D eigenvalue weighted by Crippen LogP contribution is -2.51. The second-order valence-corrected chi connectivity index (χ2v) is 9.06. The van der Waals surface area contributed by atoms with Gasteiger partial charge in [0, 0.05) is 6.92 Å². The molecule has 2 rings (SSSR count). The monoisotopic (exact) mass is 348 g/mol. The number of esters is 1. The van der Waals surface area contributed by atoms with Crippen molar-refractivity contribution in [2.45, 2.75) is 78.7 Å². The van der Waals surface area contributed by atoms with Crippen LogP contribution in [0.1, 0.15) is 73.1 Å². The van der Waals surface area contributed by atoms with Gasteiger partial charge in [0.2, 0.25) is 0 Å². The number of fused-ring (bicyclic) bond motifs is 1. The lowest BCUT2D eigenvalue weighted by atomic mass is 9.46. The maximum absolute atomic E-state index is 11.3. The Labute approximate surface area is 153 Å². The van der Waals surface area contributed by atoms with Crippen LogP contribution in [0.5, 0.6) is 0 Å². The molecular weight excluding hydrogens is 312 g/mol. The van der Waals surface area contributed by atoms with E-state index in [-0.39, 0.29) is 16.8 Å². The highest BCUT2D eigenvalue weighted by Crippen LogP contribution is 2.62. The molecule has 0 aromatic carbocycles. The molecule has 3 heteroatoms. The molecule has 0 aliphatic heterocycles. The van der Waals surface area contributed by atoms with E-state index < -0.39 is 5.60 Å². The van der Waals surface area contributed by atoms with E-state index in [9.17, 15) is 9.90 Å². The molecule has 1 saturated carbocycles. The topological polar surface area (TPSA) is 46.5 Å². The molecule has 1 N–H and O–H groups in total. The Morgan fingerprint density at radius 1 is 1.48 bits per heavy atom. The van der Waals surface area contributed by atoms with Crippen LogP contribution in [0.4, 0.5) is 0 Å². The summed E-state index contributed by atoms with van der Waals surface area (Å²) >= 11 is 0. The first-order valence-corrected chi connectivity index (χ1v) is 9.74. The summed E-state index contributed by atoms with van der Waals surface area (Å²) in [6.45, 7) is 14.7. The summed E-state index contributed by atoms with van der Waals surface area (Å²) in [6.07, 6.45) is 10.3. The van der Waals surface area contributed by atoms with Gasteiger partial charge in [0.15, 0.2) is 0 Å². The quantitative estimate of drug-likeness (QED) is 0.540. The van der Waals surface area contributed by atoms with Crippen LogP contribution in [0.2, 0.25) is 0 Å². The van der Waals surface area contributed by atoms with Crippen LogP contribution in [0, 0.1) is 22.7 Å². The van der Waals surface area contributed by atoms with Crippen molar-refractivity contribution >= 4 is 5.97 Å². The van der Waals surface area contributed by atoms with Crippen molar-refractivity contribution in [1.29, 1.82) is 0 Å². The van der Waals surface area contributed by atoms with E-state index in [1.54, 1.807) is 6.08 Å². The van der Waals surface area contributed by atoms with Crippen molar-refractivity contribution in [2.75, 3.05) is 6.61 Å². The second kappa shape index (κ2) is 7.26. The van der Waals surface area contributed by atoms with Gasteiger partial charge in [0.25, 0.3) is 0 Å². The van der Waals surface area contributed by atoms with Crippen LogP contribution >= 0.6 is 0 Å². The second-order valence-electron chi connectivity index (χ2n) is 9.06. The molecule has 2 aliphatic rings. The minimum atomic E-state index is -0.804. The Bertz CT molecular complexity index is 547. The molecule has 5 atom stereocenters. The summed E-state index contributed by atoms with van der Waals surface area (Å²) in [4.78, 5) is 11.3. The van der Waals surface area contributed by atoms with Gasteiger partial charge < -0.3 is 9.84 Å². The number of allylic oxidation sites excluding steroid dienone is 1. The number of rotatable bonds is 6. The summed E-state index contributed by atoms with van der Waals surface area (Å²) in [6, 6.07) is 0. The summed E-state index contributed by atoms with van der Waals surface area (Å²) in [7, 11) is 0. The summed E-state index contributed by atoms with van der Waals surface area (Å²) in [5.41, 5.74) is 0.763. The van der Waals surface area contributed by atoms with Crippen molar-refractivity contribution in [3.8, 4) is 0 Å². The Hall–Kier alpha value is -1.09. The van der Waals surface area contributed by atoms with Crippen molar-refractivity contribution in [2.24, 2.45) is 22.7 Å². The first-order valence-electron chi connectivity index (χ1n) is 9.74. The minimum Gasteiger partial charge on any atom is -0.461 e. The van der Waals surface area contributed by atoms with E-state index >= 15 is 0 Å². The van der Waals surface area contributed by atoms with Crippen LogP contribution < -0.4 is 0 Å². The zero-order valence-corrected chi connectivity index (χ0v) is 16.7. The highest BCUT2D eigenvalue weighted by molar-refractivity contribution is 5.66. The van der Waals surface area contributed by atoms with Crippen LogP contribution in [0.3, 0.4) is 0 Å². The molecule has 0 saturated heterocycles. The first kappa shape index (κ1) is 20.2. The predicted molar refractivity (Wildman–Crippen MR) is 102 cm³/mol. The van der Waals surface area contributed by atoms with E-state index in [1.807, 2.05) is 6.92 Å². The first-order chi connectivity index (χ1) is 11.5. The van der Waals surface area contributed by atoms with Crippen LogP contribution in [0.25, 0.3) is 0 Å². The van der Waals surface area contributed by atoms with Gasteiger partial charge in [-0.15, -0.1) is 6.58 Å². The number of hydrogen-bond donors (Lipinski definition) is 1. The predicted octanol–water partition coefficient (Wildman–Crippen LogP) is 5.05. The third kappa shape index (κ3) is 4.02. The minimum absolute atomic E-state index is 0.0923. The molecule has 0 radical (unpaired) electrons. The van der Waals surface area contributed by atoms with Crippen molar-refractivity contribution < 1.29 is 14.6 Å². The van der Waals surface area contributed by atoms with Crippen LogP contribution in [0.15, 0.2) is 24.3 Å². The average Bonchev–Trinajstić information content (AvgIpc) is 2.55. The molecule has 0 spiro atoms. The van der Waals surface area contributed by atoms with E-state index in [0.29, 0.717) is 18.4 Å². The van der Waals surface area contributed by atoms with Gasteiger partial charge in [0.1, 0.15) is 6.61 Å². The van der Waals surface area contributed by atoms with Gasteiger partial charge in [0.05, 0.1) is 5.60 Å². The average molecular weight is 349 g/mol. The molecule has 3 nitrogen and oxygen atoms in total. The number of carbonyl (C=O) groups is 1. The fraction of sp³-hybridized carbons (Fsp3) is 0.773. The van der Waals surface area contributed by atoms with Crippen molar-refractivity contribution in [3.05, 3.63) is 24.3 Å². The Morgan fingerprint density at radius 3 is 2.76 bits per heavy atom. The van der Waals surface area contributed by atoms with Gasteiger partial charge in [-0.05, 0) is 73.7 Å². The molecule has 1 fully saturated rings. The summed E-state index contributed by atoms with van der Waals surface area (Å²) in [5, 5.41) is 10.4. The molecule has 142 valence electrons. The molecule has 25 heavy (non-hydrogen) atoms. The number of ether oxygens (including phenoxy) is 1. The highest BCUT2D eigenvalue weighted by atomic mass is 16.5. The Morgan fingerprint density at radius 2 is 2.16 bits per heavy atom. The van der Waals surface area contributed by atoms with Gasteiger partial charge in [-0.2, -0.15) is 0 Å². The van der Waals surface area contributed by atoms with Crippen LogP contribution in [-0.2, 0) is 9.53 Å². The zero-order valence-electron chi connectivity index (χ0n) is 16.7. The Kier molecular flexibility index (Phi) is 5.88. The maximum atomic E-state index is 11.3. The SMILES string of the molecule is C=C[C@](C)(O)CC[C@@]1(C)[C@H](C)CC[C@]2(C)C(COC(C)=O)=CCC[C@H]12. The molecule has 0 amide bonds. The molecule has 0 bridgehead atoms. The van der Waals surface area contributed by atoms with Gasteiger partial charge in [-0.3, -0.25) is 4.79 Å². The van der Waals surface area contributed by atoms with Crippen molar-refractivity contribution in [1.82, 2.24) is 0 Å². The van der Waals surface area contributed by atoms with Crippen molar-refractivity contribution in [3.63, 3.8) is 0 Å². The largest absolute Gasteiger partial charge is 0.461 e. The van der Waals surface area contributed by atoms with Gasteiger partial charge in [-0.1, -0.05) is 32.9 Å². The van der Waals surface area contributed by atoms with Gasteiger partial charge >= 0.3 is 5.97 Å². The summed E-state index contributed by atoms with van der Waals surface area (Å²) < 4.78 is 5.36. The number of aliphatic hydroxyl groups is 1. The van der Waals surface area contributed by atoms with E-state index in [0.717, 1.165) is 25.7 Å². The lowest BCUT2D eigenvalue weighted by Gasteiger charge is -2.58. The lowest BCUT2D eigenvalue weighted by molar-refractivity contribution is -0.141. The highest BCUT2D eigenvalue weighted by Gasteiger charge is 2.54. The molecule has 0 aromatic rings. The number of hydrogen-bond acceptors (Lipinski definition) is 3. The fourth-order valence-electron chi connectivity index (χ4n) is 5.23. The molecule has 2 aliphatic carbocycles. The molecule has 0 aromatic heterocycles. The number of carbonyl (C=O) groups excluding carboxylic acids is 1. The maximum Gasteiger partial charge on any atom is 0.302 e. The fourth-order valence-corrected chi connectivity index (χ4v) is 5.23. The van der Waals surface area contributed by atoms with Gasteiger partial charge in [-0.25, -0.2) is 0 Å². The van der Waals surface area contributed by atoms with E-state index in [2.05, 4.69) is 33.4 Å². The summed E-state index contributed by atoms with van der Waals surface area (Å²) in [5.74, 6) is 0.972. The molecule has 0 heterocycles. The van der Waals surface area contributed by atoms with E-state index in [1.165, 1.54) is 25.3 Å². The molecular formula is C22H36O3. The van der Waals surface area contributed by atoms with Crippen LogP contribution in [-0.4, -0.2) is 23.3 Å². The smallest absolute Gasteiger partial charge is 0.302 e. The molecule has 0 unspecified atom stereocenters.